The molecule has 162 valence electrons. The van der Waals surface area contributed by atoms with Crippen LogP contribution in [0.25, 0.3) is 11.5 Å². The highest BCUT2D eigenvalue weighted by molar-refractivity contribution is 5.94. The number of halogens is 3. The van der Waals surface area contributed by atoms with E-state index in [1.807, 2.05) is 17.9 Å². The number of piperazine rings is 1. The summed E-state index contributed by atoms with van der Waals surface area (Å²) in [5, 5.41) is 8.08. The van der Waals surface area contributed by atoms with Gasteiger partial charge in [0.25, 0.3) is 11.8 Å². The van der Waals surface area contributed by atoms with Gasteiger partial charge in [-0.05, 0) is 30.3 Å². The number of amides is 1. The smallest absolute Gasteiger partial charge is 0.416 e. The molecule has 1 amide bonds. The second-order valence-corrected chi connectivity index (χ2v) is 7.09. The summed E-state index contributed by atoms with van der Waals surface area (Å²) in [7, 11) is 0. The largest absolute Gasteiger partial charge is 0.421 e. The third-order valence-electron chi connectivity index (χ3n) is 5.09. The van der Waals surface area contributed by atoms with Crippen LogP contribution < -0.4 is 4.90 Å². The van der Waals surface area contributed by atoms with Crippen molar-refractivity contribution in [1.82, 2.24) is 20.1 Å². The normalized spacial score (nSPS) is 14.7. The van der Waals surface area contributed by atoms with Crippen molar-refractivity contribution >= 4 is 11.7 Å². The number of pyridine rings is 1. The molecule has 1 fully saturated rings. The first-order valence-electron chi connectivity index (χ1n) is 9.86. The zero-order chi connectivity index (χ0) is 22.0. The van der Waals surface area contributed by atoms with Gasteiger partial charge in [0, 0.05) is 44.4 Å². The van der Waals surface area contributed by atoms with E-state index in [4.69, 9.17) is 4.42 Å². The molecule has 4 rings (SSSR count). The van der Waals surface area contributed by atoms with Crippen LogP contribution in [0, 0.1) is 0 Å². The van der Waals surface area contributed by atoms with Crippen molar-refractivity contribution < 1.29 is 22.4 Å². The minimum atomic E-state index is -4.49. The lowest BCUT2D eigenvalue weighted by Crippen LogP contribution is -2.49. The van der Waals surface area contributed by atoms with Crippen LogP contribution in [0.3, 0.4) is 0 Å². The fraction of sp³-hybridized carbons (Fsp3) is 0.333. The summed E-state index contributed by atoms with van der Waals surface area (Å²) in [6.07, 6.45) is -2.20. The first-order chi connectivity index (χ1) is 14.9. The molecule has 1 aliphatic heterocycles. The maximum absolute atomic E-state index is 13.0. The minimum absolute atomic E-state index is 0.0276. The Morgan fingerprint density at radius 3 is 2.55 bits per heavy atom. The Kier molecular flexibility index (Phi) is 5.62. The highest BCUT2D eigenvalue weighted by Crippen LogP contribution is 2.31. The second kappa shape index (κ2) is 8.37. The Bertz CT molecular complexity index is 1070. The van der Waals surface area contributed by atoms with Gasteiger partial charge >= 0.3 is 6.18 Å². The monoisotopic (exact) mass is 431 g/mol. The van der Waals surface area contributed by atoms with Gasteiger partial charge in [0.05, 0.1) is 11.1 Å². The average molecular weight is 431 g/mol. The van der Waals surface area contributed by atoms with E-state index in [1.165, 1.54) is 12.1 Å². The standard InChI is InChI=1S/C21H20F3N5O2/c1-2-17-26-27-19(31-17)16-7-4-8-25-18(16)28-9-11-29(12-10-28)20(30)14-5-3-6-15(13-14)21(22,23)24/h3-8,13H,2,9-12H2,1H3. The third-order valence-corrected chi connectivity index (χ3v) is 5.09. The molecule has 0 unspecified atom stereocenters. The lowest BCUT2D eigenvalue weighted by Gasteiger charge is -2.36. The molecule has 0 spiro atoms. The SMILES string of the molecule is CCc1nnc(-c2cccnc2N2CCN(C(=O)c3cccc(C(F)(F)F)c3)CC2)o1. The number of carbonyl (C=O) groups excluding carboxylic acids is 1. The average Bonchev–Trinajstić information content (AvgIpc) is 3.27. The number of aryl methyl sites for hydroxylation is 1. The van der Waals surface area contributed by atoms with Gasteiger partial charge in [-0.25, -0.2) is 4.98 Å². The van der Waals surface area contributed by atoms with E-state index in [2.05, 4.69) is 15.2 Å². The molecule has 7 nitrogen and oxygen atoms in total. The minimum Gasteiger partial charge on any atom is -0.421 e. The van der Waals surface area contributed by atoms with Crippen LogP contribution in [0.4, 0.5) is 19.0 Å². The Morgan fingerprint density at radius 1 is 1.10 bits per heavy atom. The van der Waals surface area contributed by atoms with Gasteiger partial charge in [0.15, 0.2) is 0 Å². The molecular formula is C21H20F3N5O2. The number of carbonyl (C=O) groups is 1. The zero-order valence-corrected chi connectivity index (χ0v) is 16.8. The fourth-order valence-electron chi connectivity index (χ4n) is 3.45. The number of nitrogens with zero attached hydrogens (tertiary/aromatic N) is 5. The number of aromatic nitrogens is 3. The molecule has 0 radical (unpaired) electrons. The van der Waals surface area contributed by atoms with E-state index in [1.54, 1.807) is 17.2 Å². The van der Waals surface area contributed by atoms with Gasteiger partial charge in [0.1, 0.15) is 5.82 Å². The Hall–Kier alpha value is -3.43. The van der Waals surface area contributed by atoms with Crippen molar-refractivity contribution in [3.63, 3.8) is 0 Å². The molecule has 1 aromatic carbocycles. The lowest BCUT2D eigenvalue weighted by atomic mass is 10.1. The lowest BCUT2D eigenvalue weighted by molar-refractivity contribution is -0.137. The summed E-state index contributed by atoms with van der Waals surface area (Å²) in [4.78, 5) is 20.7. The maximum Gasteiger partial charge on any atom is 0.416 e. The van der Waals surface area contributed by atoms with Gasteiger partial charge in [-0.1, -0.05) is 13.0 Å². The van der Waals surface area contributed by atoms with Gasteiger partial charge < -0.3 is 14.2 Å². The van der Waals surface area contributed by atoms with Gasteiger partial charge in [-0.3, -0.25) is 4.79 Å². The zero-order valence-electron chi connectivity index (χ0n) is 16.8. The first kappa shape index (κ1) is 20.8. The predicted octanol–water partition coefficient (Wildman–Crippen LogP) is 3.68. The summed E-state index contributed by atoms with van der Waals surface area (Å²) in [5.74, 6) is 1.15. The van der Waals surface area contributed by atoms with Crippen molar-refractivity contribution in [2.75, 3.05) is 31.1 Å². The number of anilines is 1. The van der Waals surface area contributed by atoms with Crippen molar-refractivity contribution in [2.24, 2.45) is 0 Å². The molecule has 3 aromatic rings. The van der Waals surface area contributed by atoms with E-state index in [0.717, 1.165) is 12.1 Å². The highest BCUT2D eigenvalue weighted by Gasteiger charge is 2.32. The van der Waals surface area contributed by atoms with Gasteiger partial charge in [-0.2, -0.15) is 13.2 Å². The summed E-state index contributed by atoms with van der Waals surface area (Å²) >= 11 is 0. The van der Waals surface area contributed by atoms with Crippen molar-refractivity contribution in [2.45, 2.75) is 19.5 Å². The fourth-order valence-corrected chi connectivity index (χ4v) is 3.45. The maximum atomic E-state index is 13.0. The second-order valence-electron chi connectivity index (χ2n) is 7.09. The number of alkyl halides is 3. The summed E-state index contributed by atoms with van der Waals surface area (Å²) in [5.41, 5.74) is -0.103. The first-order valence-corrected chi connectivity index (χ1v) is 9.86. The van der Waals surface area contributed by atoms with E-state index >= 15 is 0 Å². The van der Waals surface area contributed by atoms with Crippen molar-refractivity contribution in [3.8, 4) is 11.5 Å². The summed E-state index contributed by atoms with van der Waals surface area (Å²) in [6, 6.07) is 8.13. The summed E-state index contributed by atoms with van der Waals surface area (Å²) in [6.45, 7) is 3.58. The molecule has 0 N–H and O–H groups in total. The molecule has 0 bridgehead atoms. The van der Waals surface area contributed by atoms with Crippen LogP contribution in [0.2, 0.25) is 0 Å². The molecule has 0 aliphatic carbocycles. The van der Waals surface area contributed by atoms with Crippen molar-refractivity contribution in [3.05, 3.63) is 59.6 Å². The Balaban J connectivity index is 1.48. The molecule has 1 aliphatic rings. The number of hydrogen-bond donors (Lipinski definition) is 0. The highest BCUT2D eigenvalue weighted by atomic mass is 19.4. The number of hydrogen-bond acceptors (Lipinski definition) is 6. The molecular weight excluding hydrogens is 411 g/mol. The topological polar surface area (TPSA) is 75.4 Å². The van der Waals surface area contributed by atoms with Crippen LogP contribution in [0.15, 0.2) is 47.0 Å². The van der Waals surface area contributed by atoms with Crippen LogP contribution in [0.1, 0.15) is 28.7 Å². The molecule has 31 heavy (non-hydrogen) atoms. The molecule has 0 atom stereocenters. The van der Waals surface area contributed by atoms with Crippen LogP contribution in [-0.4, -0.2) is 52.2 Å². The van der Waals surface area contributed by atoms with E-state index < -0.39 is 17.6 Å². The van der Waals surface area contributed by atoms with E-state index in [0.29, 0.717) is 55.8 Å². The van der Waals surface area contributed by atoms with Crippen LogP contribution in [-0.2, 0) is 12.6 Å². The quantitative estimate of drug-likeness (QED) is 0.628. The Labute approximate surface area is 176 Å². The van der Waals surface area contributed by atoms with Crippen LogP contribution >= 0.6 is 0 Å². The van der Waals surface area contributed by atoms with Gasteiger partial charge in [0.2, 0.25) is 5.89 Å². The number of benzene rings is 1. The molecule has 2 aromatic heterocycles. The van der Waals surface area contributed by atoms with Crippen molar-refractivity contribution in [1.29, 1.82) is 0 Å². The molecule has 0 saturated carbocycles. The molecule has 10 heteroatoms. The predicted molar refractivity (Wildman–Crippen MR) is 106 cm³/mol. The summed E-state index contributed by atoms with van der Waals surface area (Å²) < 4.78 is 44.5. The molecule has 1 saturated heterocycles. The number of rotatable bonds is 4. The Morgan fingerprint density at radius 2 is 1.87 bits per heavy atom. The third kappa shape index (κ3) is 4.37. The van der Waals surface area contributed by atoms with E-state index in [-0.39, 0.29) is 5.56 Å². The van der Waals surface area contributed by atoms with Gasteiger partial charge in [-0.15, -0.1) is 10.2 Å². The van der Waals surface area contributed by atoms with Crippen LogP contribution in [0.5, 0.6) is 0 Å². The molecule has 3 heterocycles. The van der Waals surface area contributed by atoms with E-state index in [9.17, 15) is 18.0 Å².